The standard InChI is InChI=1S/C12H16F3N3O2/c1-3-11(2,7-19)18-10(20)17-8-4-5-9(16-6-8)12(13,14)15/h4-6,19H,3,7H2,1-2H3,(H2,17,18,20). The average molecular weight is 291 g/mol. The second-order valence-corrected chi connectivity index (χ2v) is 4.58. The van der Waals surface area contributed by atoms with E-state index in [1.165, 1.54) is 0 Å². The number of aromatic nitrogens is 1. The Balaban J connectivity index is 2.68. The summed E-state index contributed by atoms with van der Waals surface area (Å²) >= 11 is 0. The minimum absolute atomic E-state index is 0.131. The topological polar surface area (TPSA) is 74.2 Å². The first-order valence-electron chi connectivity index (χ1n) is 5.93. The van der Waals surface area contributed by atoms with E-state index in [0.29, 0.717) is 6.42 Å². The number of carbonyl (C=O) groups excluding carboxylic acids is 1. The summed E-state index contributed by atoms with van der Waals surface area (Å²) in [5.41, 5.74) is -1.69. The van der Waals surface area contributed by atoms with Crippen LogP contribution in [0.3, 0.4) is 0 Å². The van der Waals surface area contributed by atoms with Gasteiger partial charge >= 0.3 is 12.2 Å². The van der Waals surface area contributed by atoms with Gasteiger partial charge in [-0.3, -0.25) is 0 Å². The second-order valence-electron chi connectivity index (χ2n) is 4.58. The normalized spacial score (nSPS) is 14.5. The number of halogens is 3. The Kier molecular flexibility index (Phi) is 4.93. The lowest BCUT2D eigenvalue weighted by Crippen LogP contribution is -2.50. The van der Waals surface area contributed by atoms with E-state index < -0.39 is 23.4 Å². The number of amides is 2. The zero-order valence-electron chi connectivity index (χ0n) is 11.1. The first-order valence-corrected chi connectivity index (χ1v) is 5.93. The van der Waals surface area contributed by atoms with Gasteiger partial charge in [-0.05, 0) is 25.5 Å². The predicted molar refractivity (Wildman–Crippen MR) is 67.2 cm³/mol. The Bertz CT molecular complexity index is 456. The number of hydrogen-bond donors (Lipinski definition) is 3. The van der Waals surface area contributed by atoms with Crippen LogP contribution in [0, 0.1) is 0 Å². The molecule has 1 aromatic rings. The number of aliphatic hydroxyl groups is 1. The Morgan fingerprint density at radius 1 is 1.40 bits per heavy atom. The summed E-state index contributed by atoms with van der Waals surface area (Å²) in [5.74, 6) is 0. The molecule has 0 aromatic carbocycles. The van der Waals surface area contributed by atoms with Gasteiger partial charge in [0.15, 0.2) is 0 Å². The fourth-order valence-corrected chi connectivity index (χ4v) is 1.31. The van der Waals surface area contributed by atoms with Crippen LogP contribution in [0.5, 0.6) is 0 Å². The summed E-state index contributed by atoms with van der Waals surface area (Å²) in [6.07, 6.45) is -3.09. The van der Waals surface area contributed by atoms with Gasteiger partial charge in [0, 0.05) is 0 Å². The fraction of sp³-hybridized carbons (Fsp3) is 0.500. The molecule has 1 heterocycles. The Morgan fingerprint density at radius 2 is 2.05 bits per heavy atom. The smallest absolute Gasteiger partial charge is 0.394 e. The van der Waals surface area contributed by atoms with Crippen LogP contribution in [0.1, 0.15) is 26.0 Å². The van der Waals surface area contributed by atoms with Crippen LogP contribution < -0.4 is 10.6 Å². The van der Waals surface area contributed by atoms with E-state index in [1.807, 2.05) is 0 Å². The van der Waals surface area contributed by atoms with Crippen LogP contribution in [0.15, 0.2) is 18.3 Å². The third-order valence-electron chi connectivity index (χ3n) is 2.86. The van der Waals surface area contributed by atoms with Crippen LogP contribution in [0.4, 0.5) is 23.7 Å². The van der Waals surface area contributed by atoms with Crippen molar-refractivity contribution in [1.82, 2.24) is 10.3 Å². The quantitative estimate of drug-likeness (QED) is 0.797. The summed E-state index contributed by atoms with van der Waals surface area (Å²) in [6.45, 7) is 3.19. The molecule has 5 nitrogen and oxygen atoms in total. The van der Waals surface area contributed by atoms with Crippen molar-refractivity contribution in [2.45, 2.75) is 32.0 Å². The van der Waals surface area contributed by atoms with Gasteiger partial charge in [0.1, 0.15) is 5.69 Å². The summed E-state index contributed by atoms with van der Waals surface area (Å²) in [7, 11) is 0. The predicted octanol–water partition coefficient (Wildman–Crippen LogP) is 2.38. The lowest BCUT2D eigenvalue weighted by Gasteiger charge is -2.27. The molecule has 0 saturated heterocycles. The first kappa shape index (κ1) is 16.2. The van der Waals surface area contributed by atoms with Crippen molar-refractivity contribution >= 4 is 11.7 Å². The molecular weight excluding hydrogens is 275 g/mol. The van der Waals surface area contributed by atoms with Crippen LogP contribution in [0.2, 0.25) is 0 Å². The van der Waals surface area contributed by atoms with Crippen molar-refractivity contribution < 1.29 is 23.1 Å². The van der Waals surface area contributed by atoms with Gasteiger partial charge in [0.2, 0.25) is 0 Å². The zero-order chi connectivity index (χ0) is 15.4. The third kappa shape index (κ3) is 4.37. The summed E-state index contributed by atoms with van der Waals surface area (Å²) in [4.78, 5) is 14.9. The lowest BCUT2D eigenvalue weighted by atomic mass is 10.0. The van der Waals surface area contributed by atoms with E-state index in [9.17, 15) is 18.0 Å². The van der Waals surface area contributed by atoms with Crippen molar-refractivity contribution in [1.29, 1.82) is 0 Å². The average Bonchev–Trinajstić information content (AvgIpc) is 2.38. The molecule has 20 heavy (non-hydrogen) atoms. The molecule has 1 rings (SSSR count). The molecule has 3 N–H and O–H groups in total. The minimum Gasteiger partial charge on any atom is -0.394 e. The monoisotopic (exact) mass is 291 g/mol. The molecular formula is C12H16F3N3O2. The highest BCUT2D eigenvalue weighted by molar-refractivity contribution is 5.89. The van der Waals surface area contributed by atoms with Gasteiger partial charge in [-0.1, -0.05) is 6.92 Å². The number of hydrogen-bond acceptors (Lipinski definition) is 3. The molecule has 1 unspecified atom stereocenters. The number of carbonyl (C=O) groups is 1. The summed E-state index contributed by atoms with van der Waals surface area (Å²) < 4.78 is 36.9. The molecule has 112 valence electrons. The molecule has 0 bridgehead atoms. The van der Waals surface area contributed by atoms with E-state index in [2.05, 4.69) is 15.6 Å². The lowest BCUT2D eigenvalue weighted by molar-refractivity contribution is -0.141. The van der Waals surface area contributed by atoms with E-state index in [-0.39, 0.29) is 12.3 Å². The largest absolute Gasteiger partial charge is 0.433 e. The Hall–Kier alpha value is -1.83. The zero-order valence-corrected chi connectivity index (χ0v) is 11.1. The molecule has 0 saturated carbocycles. The maximum absolute atomic E-state index is 12.3. The highest BCUT2D eigenvalue weighted by Gasteiger charge is 2.32. The number of nitrogens with zero attached hydrogens (tertiary/aromatic N) is 1. The molecule has 0 aliphatic carbocycles. The molecule has 0 spiro atoms. The highest BCUT2D eigenvalue weighted by atomic mass is 19.4. The van der Waals surface area contributed by atoms with Crippen LogP contribution in [0.25, 0.3) is 0 Å². The number of aliphatic hydroxyl groups excluding tert-OH is 1. The number of rotatable bonds is 4. The van der Waals surface area contributed by atoms with Gasteiger partial charge in [-0.15, -0.1) is 0 Å². The van der Waals surface area contributed by atoms with Gasteiger partial charge < -0.3 is 15.7 Å². The Labute approximate surface area is 114 Å². The van der Waals surface area contributed by atoms with Crippen molar-refractivity contribution in [2.24, 2.45) is 0 Å². The van der Waals surface area contributed by atoms with Crippen molar-refractivity contribution in [2.75, 3.05) is 11.9 Å². The van der Waals surface area contributed by atoms with Gasteiger partial charge in [-0.2, -0.15) is 13.2 Å². The molecule has 0 aliphatic heterocycles. The highest BCUT2D eigenvalue weighted by Crippen LogP contribution is 2.27. The van der Waals surface area contributed by atoms with Gasteiger partial charge in [0.05, 0.1) is 24.0 Å². The molecule has 1 atom stereocenters. The molecule has 0 fully saturated rings. The van der Waals surface area contributed by atoms with E-state index in [4.69, 9.17) is 5.11 Å². The van der Waals surface area contributed by atoms with Crippen molar-refractivity contribution in [3.8, 4) is 0 Å². The van der Waals surface area contributed by atoms with Crippen molar-refractivity contribution in [3.63, 3.8) is 0 Å². The third-order valence-corrected chi connectivity index (χ3v) is 2.86. The molecule has 2 amide bonds. The summed E-state index contributed by atoms with van der Waals surface area (Å²) in [6, 6.07) is 1.27. The maximum Gasteiger partial charge on any atom is 0.433 e. The maximum atomic E-state index is 12.3. The fourth-order valence-electron chi connectivity index (χ4n) is 1.31. The Morgan fingerprint density at radius 3 is 2.45 bits per heavy atom. The van der Waals surface area contributed by atoms with Gasteiger partial charge in [-0.25, -0.2) is 9.78 Å². The number of urea groups is 1. The number of alkyl halides is 3. The SMILES string of the molecule is CCC(C)(CO)NC(=O)Nc1ccc(C(F)(F)F)nc1. The minimum atomic E-state index is -4.52. The van der Waals surface area contributed by atoms with Crippen LogP contribution in [-0.4, -0.2) is 28.3 Å². The number of nitrogens with one attached hydrogen (secondary N) is 2. The van der Waals surface area contributed by atoms with Crippen LogP contribution in [-0.2, 0) is 6.18 Å². The van der Waals surface area contributed by atoms with E-state index >= 15 is 0 Å². The first-order chi connectivity index (χ1) is 9.20. The van der Waals surface area contributed by atoms with E-state index in [1.54, 1.807) is 13.8 Å². The number of anilines is 1. The van der Waals surface area contributed by atoms with Gasteiger partial charge in [0.25, 0.3) is 0 Å². The molecule has 0 aliphatic rings. The van der Waals surface area contributed by atoms with E-state index in [0.717, 1.165) is 18.3 Å². The van der Waals surface area contributed by atoms with Crippen molar-refractivity contribution in [3.05, 3.63) is 24.0 Å². The molecule has 0 radical (unpaired) electrons. The molecule has 1 aromatic heterocycles. The van der Waals surface area contributed by atoms with Crippen LogP contribution >= 0.6 is 0 Å². The summed E-state index contributed by atoms with van der Waals surface area (Å²) in [5, 5.41) is 14.0. The number of pyridine rings is 1. The second kappa shape index (κ2) is 6.08. The molecule has 8 heteroatoms.